The number of hydrogen-bond acceptors (Lipinski definition) is 7. The molecule has 1 aliphatic rings. The third kappa shape index (κ3) is 4.05. The van der Waals surface area contributed by atoms with Crippen molar-refractivity contribution in [3.8, 4) is 17.0 Å². The van der Waals surface area contributed by atoms with Crippen LogP contribution in [0.25, 0.3) is 22.3 Å². The van der Waals surface area contributed by atoms with Gasteiger partial charge in [-0.25, -0.2) is 13.9 Å². The first-order valence-electron chi connectivity index (χ1n) is 11.5. The maximum Gasteiger partial charge on any atom is 0.269 e. The molecule has 0 aromatic carbocycles. The number of carbonyl (C=O) groups is 1. The molecule has 184 valence electrons. The van der Waals surface area contributed by atoms with Gasteiger partial charge in [-0.2, -0.15) is 4.98 Å². The first-order chi connectivity index (χ1) is 16.9. The number of aromatic nitrogens is 5. The van der Waals surface area contributed by atoms with Gasteiger partial charge >= 0.3 is 0 Å². The van der Waals surface area contributed by atoms with Crippen LogP contribution in [0.1, 0.15) is 43.1 Å². The van der Waals surface area contributed by atoms with Crippen LogP contribution in [0.5, 0.6) is 5.88 Å². The van der Waals surface area contributed by atoms with E-state index in [-0.39, 0.29) is 29.0 Å². The number of anilines is 1. The van der Waals surface area contributed by atoms with Crippen molar-refractivity contribution in [2.75, 3.05) is 26.6 Å². The molecule has 0 radical (unpaired) electrons. The fourth-order valence-electron chi connectivity index (χ4n) is 4.68. The van der Waals surface area contributed by atoms with Crippen molar-refractivity contribution < 1.29 is 18.7 Å². The van der Waals surface area contributed by atoms with E-state index >= 15 is 4.39 Å². The van der Waals surface area contributed by atoms with Crippen LogP contribution in [0, 0.1) is 5.82 Å². The van der Waals surface area contributed by atoms with E-state index in [4.69, 9.17) is 9.47 Å². The molecule has 0 unspecified atom stereocenters. The Bertz CT molecular complexity index is 1410. The maximum absolute atomic E-state index is 15.3. The van der Waals surface area contributed by atoms with E-state index in [9.17, 15) is 4.79 Å². The number of imidazole rings is 1. The summed E-state index contributed by atoms with van der Waals surface area (Å²) >= 11 is 0. The summed E-state index contributed by atoms with van der Waals surface area (Å²) in [5, 5.41) is 10.5. The monoisotopic (exact) mass is 481 g/mol. The predicted molar refractivity (Wildman–Crippen MR) is 128 cm³/mol. The summed E-state index contributed by atoms with van der Waals surface area (Å²) in [5.41, 5.74) is 2.03. The molecule has 5 rings (SSSR count). The van der Waals surface area contributed by atoms with Gasteiger partial charge in [-0.1, -0.05) is 0 Å². The van der Waals surface area contributed by atoms with Gasteiger partial charge in [-0.3, -0.25) is 9.20 Å². The van der Waals surface area contributed by atoms with E-state index in [0.29, 0.717) is 28.4 Å². The number of nitrogens with zero attached hydrogens (tertiary/aromatic N) is 5. The summed E-state index contributed by atoms with van der Waals surface area (Å²) in [4.78, 5) is 21.0. The van der Waals surface area contributed by atoms with Crippen LogP contribution >= 0.6 is 0 Å². The molecule has 0 aliphatic heterocycles. The van der Waals surface area contributed by atoms with Crippen LogP contribution in [-0.2, 0) is 4.74 Å². The second-order valence-electron chi connectivity index (χ2n) is 9.03. The molecular weight excluding hydrogens is 453 g/mol. The topological polar surface area (TPSA) is 107 Å². The number of methoxy groups -OCH3 is 2. The molecule has 4 aromatic heterocycles. The highest BCUT2D eigenvalue weighted by Crippen LogP contribution is 2.35. The summed E-state index contributed by atoms with van der Waals surface area (Å²) < 4.78 is 29.5. The van der Waals surface area contributed by atoms with E-state index < -0.39 is 5.82 Å². The quantitative estimate of drug-likeness (QED) is 0.435. The summed E-state index contributed by atoms with van der Waals surface area (Å²) in [5.74, 6) is -0.156. The lowest BCUT2D eigenvalue weighted by Crippen LogP contribution is -2.37. The zero-order chi connectivity index (χ0) is 24.7. The van der Waals surface area contributed by atoms with Crippen molar-refractivity contribution in [3.05, 3.63) is 42.2 Å². The predicted octanol–water partition coefficient (Wildman–Crippen LogP) is 3.31. The molecule has 35 heavy (non-hydrogen) atoms. The number of halogens is 1. The molecule has 1 fully saturated rings. The van der Waals surface area contributed by atoms with Gasteiger partial charge < -0.3 is 20.1 Å². The highest BCUT2D eigenvalue weighted by atomic mass is 19.1. The smallest absolute Gasteiger partial charge is 0.269 e. The van der Waals surface area contributed by atoms with Gasteiger partial charge in [0.2, 0.25) is 11.8 Å². The Balaban J connectivity index is 1.52. The van der Waals surface area contributed by atoms with E-state index in [1.165, 1.54) is 24.0 Å². The number of carbonyl (C=O) groups excluding carboxylic acids is 1. The summed E-state index contributed by atoms with van der Waals surface area (Å²) in [6, 6.07) is 3.66. The normalized spacial score (nSPS) is 20.3. The average molecular weight is 482 g/mol. The van der Waals surface area contributed by atoms with Gasteiger partial charge in [-0.05, 0) is 44.7 Å². The highest BCUT2D eigenvalue weighted by molar-refractivity contribution is 5.93. The van der Waals surface area contributed by atoms with Crippen molar-refractivity contribution in [1.29, 1.82) is 0 Å². The summed E-state index contributed by atoms with van der Waals surface area (Å²) in [7, 11) is 4.79. The lowest BCUT2D eigenvalue weighted by Gasteiger charge is -2.36. The van der Waals surface area contributed by atoms with E-state index in [1.54, 1.807) is 36.9 Å². The van der Waals surface area contributed by atoms with Crippen molar-refractivity contribution >= 4 is 23.0 Å². The fraction of sp³-hybridized carbons (Fsp3) is 0.417. The molecule has 4 aromatic rings. The minimum absolute atomic E-state index is 0.104. The largest absolute Gasteiger partial charge is 0.479 e. The van der Waals surface area contributed by atoms with Crippen molar-refractivity contribution in [1.82, 2.24) is 29.3 Å². The Hall–Kier alpha value is -3.73. The van der Waals surface area contributed by atoms with Crippen molar-refractivity contribution in [2.24, 2.45) is 0 Å². The Kier molecular flexibility index (Phi) is 5.79. The standard InChI is InChI=1S/C24H28FN7O3/c1-24(35-4)9-7-15(8-10-24)28-23-29-22(34-3)20-19(16(25)13-32(20)30-23)14-5-6-18-27-11-17(21(33)26-2)31(18)12-14/h5-6,11-13,15H,7-10H2,1-4H3,(H,26,33)(H,28,30)/t15-,24-. The number of ether oxygens (including phenoxy) is 2. The van der Waals surface area contributed by atoms with E-state index in [1.807, 2.05) is 0 Å². The van der Waals surface area contributed by atoms with Crippen molar-refractivity contribution in [3.63, 3.8) is 0 Å². The molecule has 0 bridgehead atoms. The highest BCUT2D eigenvalue weighted by Gasteiger charge is 2.31. The van der Waals surface area contributed by atoms with E-state index in [0.717, 1.165) is 25.7 Å². The van der Waals surface area contributed by atoms with Gasteiger partial charge in [0.05, 0.1) is 30.7 Å². The Morgan fingerprint density at radius 3 is 2.69 bits per heavy atom. The zero-order valence-electron chi connectivity index (χ0n) is 20.1. The second kappa shape index (κ2) is 8.81. The van der Waals surface area contributed by atoms with Gasteiger partial charge in [-0.15, -0.1) is 5.10 Å². The molecular formula is C24H28FN7O3. The van der Waals surface area contributed by atoms with Crippen LogP contribution in [0.4, 0.5) is 10.3 Å². The summed E-state index contributed by atoms with van der Waals surface area (Å²) in [6.07, 6.45) is 8.14. The minimum Gasteiger partial charge on any atom is -0.479 e. The van der Waals surface area contributed by atoms with Gasteiger partial charge in [0, 0.05) is 32.0 Å². The number of rotatable bonds is 6. The summed E-state index contributed by atoms with van der Waals surface area (Å²) in [6.45, 7) is 2.12. The third-order valence-electron chi connectivity index (χ3n) is 6.87. The minimum atomic E-state index is -0.482. The van der Waals surface area contributed by atoms with Gasteiger partial charge in [0.25, 0.3) is 5.91 Å². The van der Waals surface area contributed by atoms with Crippen LogP contribution in [0.2, 0.25) is 0 Å². The second-order valence-corrected chi connectivity index (χ2v) is 9.03. The Morgan fingerprint density at radius 1 is 1.23 bits per heavy atom. The van der Waals surface area contributed by atoms with Gasteiger partial charge in [0.1, 0.15) is 16.9 Å². The Labute approximate surface area is 201 Å². The van der Waals surface area contributed by atoms with Gasteiger partial charge in [0.15, 0.2) is 5.82 Å². The molecule has 0 atom stereocenters. The molecule has 1 amide bonds. The lowest BCUT2D eigenvalue weighted by molar-refractivity contribution is -0.0253. The number of nitrogens with one attached hydrogen (secondary N) is 2. The van der Waals surface area contributed by atoms with Crippen molar-refractivity contribution in [2.45, 2.75) is 44.2 Å². The number of amides is 1. The zero-order valence-corrected chi connectivity index (χ0v) is 20.1. The van der Waals surface area contributed by atoms with Crippen LogP contribution in [-0.4, -0.2) is 62.8 Å². The fourth-order valence-corrected chi connectivity index (χ4v) is 4.68. The van der Waals surface area contributed by atoms with E-state index in [2.05, 4.69) is 32.6 Å². The first-order valence-corrected chi connectivity index (χ1v) is 11.5. The molecule has 0 saturated heterocycles. The molecule has 1 aliphatic carbocycles. The molecule has 4 heterocycles. The van der Waals surface area contributed by atoms with Crippen LogP contribution < -0.4 is 15.4 Å². The van der Waals surface area contributed by atoms with Crippen LogP contribution in [0.15, 0.2) is 30.7 Å². The lowest BCUT2D eigenvalue weighted by atomic mass is 9.83. The number of pyridine rings is 1. The molecule has 10 nitrogen and oxygen atoms in total. The maximum atomic E-state index is 15.3. The average Bonchev–Trinajstić information content (AvgIpc) is 3.44. The molecule has 0 spiro atoms. The van der Waals surface area contributed by atoms with Crippen LogP contribution in [0.3, 0.4) is 0 Å². The number of fused-ring (bicyclic) bond motifs is 2. The molecule has 2 N–H and O–H groups in total. The third-order valence-corrected chi connectivity index (χ3v) is 6.87. The first kappa shape index (κ1) is 23.0. The SMILES string of the molecule is CNC(=O)c1cnc2ccc(-c3c(F)cn4nc(N[C@H]5CC[C@](C)(OC)CC5)nc(OC)c34)cn12. The molecule has 11 heteroatoms. The number of hydrogen-bond donors (Lipinski definition) is 2. The Morgan fingerprint density at radius 2 is 2.00 bits per heavy atom. The molecule has 1 saturated carbocycles.